The fourth-order valence-electron chi connectivity index (χ4n) is 3.17. The van der Waals surface area contributed by atoms with Crippen molar-refractivity contribution in [1.82, 2.24) is 5.32 Å². The lowest BCUT2D eigenvalue weighted by molar-refractivity contribution is 0.174. The molecule has 156 valence electrons. The Kier molecular flexibility index (Phi) is 5.85. The number of ether oxygens (including phenoxy) is 2. The van der Waals surface area contributed by atoms with Crippen molar-refractivity contribution in [3.8, 4) is 21.9 Å². The van der Waals surface area contributed by atoms with Gasteiger partial charge in [0.1, 0.15) is 12.5 Å². The van der Waals surface area contributed by atoms with Crippen molar-refractivity contribution in [2.45, 2.75) is 20.4 Å². The monoisotopic (exact) mass is 429 g/mol. The van der Waals surface area contributed by atoms with Crippen molar-refractivity contribution in [2.75, 3.05) is 18.8 Å². The van der Waals surface area contributed by atoms with Crippen LogP contribution in [0.3, 0.4) is 0 Å². The SMILES string of the molecule is CC.Fc1cccc(-c2cc3c(s2)C(NCc2ccc4c(c2)OCO4)=NCN3)c1F. The first-order valence-electron chi connectivity index (χ1n) is 9.68. The average molecular weight is 429 g/mol. The third-order valence-electron chi connectivity index (χ3n) is 4.57. The number of hydrogen-bond acceptors (Lipinski definition) is 6. The van der Waals surface area contributed by atoms with Crippen LogP contribution in [0.1, 0.15) is 24.3 Å². The molecule has 0 atom stereocenters. The van der Waals surface area contributed by atoms with Crippen LogP contribution in [0.15, 0.2) is 47.5 Å². The van der Waals surface area contributed by atoms with E-state index < -0.39 is 11.6 Å². The molecule has 1 aromatic heterocycles. The molecule has 8 heteroatoms. The second-order valence-electron chi connectivity index (χ2n) is 6.34. The zero-order valence-corrected chi connectivity index (χ0v) is 17.4. The van der Waals surface area contributed by atoms with Gasteiger partial charge in [-0.2, -0.15) is 0 Å². The van der Waals surface area contributed by atoms with Crippen LogP contribution < -0.4 is 20.1 Å². The summed E-state index contributed by atoms with van der Waals surface area (Å²) in [5.41, 5.74) is 2.13. The lowest BCUT2D eigenvalue weighted by Gasteiger charge is -2.16. The van der Waals surface area contributed by atoms with E-state index in [1.807, 2.05) is 38.1 Å². The predicted octanol–water partition coefficient (Wildman–Crippen LogP) is 5.37. The average Bonchev–Trinajstić information content (AvgIpc) is 3.42. The third-order valence-corrected chi connectivity index (χ3v) is 5.74. The van der Waals surface area contributed by atoms with Crippen LogP contribution in [-0.4, -0.2) is 19.3 Å². The van der Waals surface area contributed by atoms with Crippen LogP contribution in [0.2, 0.25) is 0 Å². The summed E-state index contributed by atoms with van der Waals surface area (Å²) in [6.45, 7) is 5.21. The number of thiophene rings is 1. The molecule has 0 bridgehead atoms. The van der Waals surface area contributed by atoms with Gasteiger partial charge in [-0.25, -0.2) is 13.8 Å². The number of fused-ring (bicyclic) bond motifs is 2. The fraction of sp³-hybridized carbons (Fsp3) is 0.227. The van der Waals surface area contributed by atoms with E-state index in [1.54, 1.807) is 6.07 Å². The van der Waals surface area contributed by atoms with Gasteiger partial charge >= 0.3 is 0 Å². The van der Waals surface area contributed by atoms with Crippen molar-refractivity contribution >= 4 is 22.9 Å². The smallest absolute Gasteiger partial charge is 0.231 e. The number of hydrogen-bond donors (Lipinski definition) is 2. The highest BCUT2D eigenvalue weighted by Gasteiger charge is 2.21. The lowest BCUT2D eigenvalue weighted by Crippen LogP contribution is -2.27. The molecular weight excluding hydrogens is 408 g/mol. The molecule has 0 fully saturated rings. The molecule has 2 aliphatic heterocycles. The highest BCUT2D eigenvalue weighted by molar-refractivity contribution is 7.18. The molecule has 0 aliphatic carbocycles. The zero-order valence-electron chi connectivity index (χ0n) is 16.6. The first-order valence-corrected chi connectivity index (χ1v) is 10.5. The van der Waals surface area contributed by atoms with Gasteiger partial charge in [0, 0.05) is 17.0 Å². The maximum Gasteiger partial charge on any atom is 0.231 e. The molecule has 2 N–H and O–H groups in total. The van der Waals surface area contributed by atoms with Crippen molar-refractivity contribution < 1.29 is 18.3 Å². The molecule has 5 rings (SSSR count). The topological polar surface area (TPSA) is 54.9 Å². The molecule has 5 nitrogen and oxygen atoms in total. The van der Waals surface area contributed by atoms with Gasteiger partial charge in [-0.3, -0.25) is 0 Å². The van der Waals surface area contributed by atoms with E-state index in [4.69, 9.17) is 9.47 Å². The third kappa shape index (κ3) is 3.82. The van der Waals surface area contributed by atoms with E-state index >= 15 is 0 Å². The first-order chi connectivity index (χ1) is 14.7. The normalized spacial score (nSPS) is 13.5. The van der Waals surface area contributed by atoms with Gasteiger partial charge in [-0.05, 0) is 29.8 Å². The number of benzene rings is 2. The van der Waals surface area contributed by atoms with Crippen molar-refractivity contribution in [1.29, 1.82) is 0 Å². The predicted molar refractivity (Wildman–Crippen MR) is 115 cm³/mol. The minimum absolute atomic E-state index is 0.239. The molecule has 2 aromatic carbocycles. The summed E-state index contributed by atoms with van der Waals surface area (Å²) in [5.74, 6) is 0.497. The number of nitrogens with one attached hydrogen (secondary N) is 2. The maximum atomic E-state index is 14.2. The molecule has 0 saturated heterocycles. The Morgan fingerprint density at radius 3 is 2.80 bits per heavy atom. The van der Waals surface area contributed by atoms with Crippen LogP contribution in [0.4, 0.5) is 14.5 Å². The summed E-state index contributed by atoms with van der Waals surface area (Å²) >= 11 is 1.37. The van der Waals surface area contributed by atoms with Crippen molar-refractivity contribution in [3.05, 3.63) is 64.5 Å². The minimum atomic E-state index is -0.855. The molecular formula is C22H21F2N3O2S. The summed E-state index contributed by atoms with van der Waals surface area (Å²) in [6.07, 6.45) is 0. The molecule has 0 spiro atoms. The first kappa shape index (κ1) is 20.2. The number of rotatable bonds is 3. The Morgan fingerprint density at radius 2 is 1.93 bits per heavy atom. The Morgan fingerprint density at radius 1 is 1.10 bits per heavy atom. The van der Waals surface area contributed by atoms with Gasteiger partial charge in [-0.1, -0.05) is 32.0 Å². The molecule has 30 heavy (non-hydrogen) atoms. The van der Waals surface area contributed by atoms with Crippen molar-refractivity contribution in [3.63, 3.8) is 0 Å². The van der Waals surface area contributed by atoms with E-state index in [9.17, 15) is 8.78 Å². The minimum Gasteiger partial charge on any atom is -0.454 e. The van der Waals surface area contributed by atoms with Crippen LogP contribution in [0.5, 0.6) is 11.5 Å². The van der Waals surface area contributed by atoms with Crippen LogP contribution >= 0.6 is 11.3 Å². The van der Waals surface area contributed by atoms with Gasteiger partial charge in [0.05, 0.1) is 10.6 Å². The van der Waals surface area contributed by atoms with Gasteiger partial charge in [0.25, 0.3) is 0 Å². The summed E-state index contributed by atoms with van der Waals surface area (Å²) in [5, 5.41) is 6.51. The number of halogens is 2. The van der Waals surface area contributed by atoms with E-state index in [2.05, 4.69) is 15.6 Å². The molecule has 2 aliphatic rings. The van der Waals surface area contributed by atoms with E-state index in [0.717, 1.165) is 39.5 Å². The van der Waals surface area contributed by atoms with Crippen molar-refractivity contribution in [2.24, 2.45) is 4.99 Å². The van der Waals surface area contributed by atoms with E-state index in [-0.39, 0.29) is 12.4 Å². The second-order valence-corrected chi connectivity index (χ2v) is 7.39. The van der Waals surface area contributed by atoms with E-state index in [1.165, 1.54) is 17.4 Å². The largest absolute Gasteiger partial charge is 0.454 e. The maximum absolute atomic E-state index is 14.2. The molecule has 0 saturated carbocycles. The lowest BCUT2D eigenvalue weighted by atomic mass is 10.1. The molecule has 3 aromatic rings. The number of anilines is 1. The Hall–Kier alpha value is -3.13. The Bertz CT molecular complexity index is 1100. The summed E-state index contributed by atoms with van der Waals surface area (Å²) in [6, 6.07) is 11.8. The molecule has 0 radical (unpaired) electrons. The number of amidine groups is 1. The van der Waals surface area contributed by atoms with Crippen LogP contribution in [0.25, 0.3) is 10.4 Å². The van der Waals surface area contributed by atoms with Gasteiger partial charge in [0.2, 0.25) is 6.79 Å². The van der Waals surface area contributed by atoms with Crippen LogP contribution in [-0.2, 0) is 6.54 Å². The Balaban J connectivity index is 0.00000106. The summed E-state index contributed by atoms with van der Waals surface area (Å²) < 4.78 is 38.5. The highest BCUT2D eigenvalue weighted by Crippen LogP contribution is 2.38. The Labute approximate surface area is 177 Å². The molecule has 3 heterocycles. The quantitative estimate of drug-likeness (QED) is 0.588. The van der Waals surface area contributed by atoms with E-state index in [0.29, 0.717) is 18.1 Å². The fourth-order valence-corrected chi connectivity index (χ4v) is 4.31. The zero-order chi connectivity index (χ0) is 21.1. The van der Waals surface area contributed by atoms with Gasteiger partial charge in [-0.15, -0.1) is 11.3 Å². The van der Waals surface area contributed by atoms with Crippen LogP contribution in [0, 0.1) is 11.6 Å². The number of aliphatic imine (C=N–C) groups is 1. The highest BCUT2D eigenvalue weighted by atomic mass is 32.1. The standard InChI is InChI=1S/C20H15F2N3O2S.C2H6/c21-13-3-1-2-12(18(13)22)17-7-14-19(28-17)20(25-9-24-14)23-8-11-4-5-15-16(6-11)27-10-26-15;1-2/h1-7,24H,8-10H2,(H,23,25);1-2H3. The van der Waals surface area contributed by atoms with Gasteiger partial charge in [0.15, 0.2) is 23.1 Å². The number of nitrogens with zero attached hydrogens (tertiary/aromatic N) is 1. The summed E-state index contributed by atoms with van der Waals surface area (Å²) in [4.78, 5) is 6.00. The van der Waals surface area contributed by atoms with Gasteiger partial charge < -0.3 is 20.1 Å². The molecule has 0 unspecified atom stereocenters. The molecule has 0 amide bonds. The second kappa shape index (κ2) is 8.71. The summed E-state index contributed by atoms with van der Waals surface area (Å²) in [7, 11) is 0.